The van der Waals surface area contributed by atoms with Crippen molar-refractivity contribution < 1.29 is 9.53 Å². The van der Waals surface area contributed by atoms with Gasteiger partial charge in [-0.2, -0.15) is 0 Å². The summed E-state index contributed by atoms with van der Waals surface area (Å²) in [6.07, 6.45) is 2.88. The highest BCUT2D eigenvalue weighted by Gasteiger charge is 2.29. The lowest BCUT2D eigenvalue weighted by atomic mass is 10.2. The van der Waals surface area contributed by atoms with Gasteiger partial charge in [0.05, 0.1) is 0 Å². The van der Waals surface area contributed by atoms with Crippen LogP contribution in [0.3, 0.4) is 0 Å². The fraction of sp³-hybridized carbons (Fsp3) is 0.500. The van der Waals surface area contributed by atoms with Crippen LogP contribution in [0.25, 0.3) is 11.4 Å². The highest BCUT2D eigenvalue weighted by molar-refractivity contribution is 5.68. The molecule has 1 fully saturated rings. The van der Waals surface area contributed by atoms with Gasteiger partial charge in [0.1, 0.15) is 17.2 Å². The van der Waals surface area contributed by atoms with Gasteiger partial charge in [-0.1, -0.05) is 6.92 Å². The van der Waals surface area contributed by atoms with Crippen LogP contribution in [0.1, 0.15) is 39.8 Å². The van der Waals surface area contributed by atoms with E-state index in [9.17, 15) is 9.59 Å². The number of aryl methyl sites for hydroxylation is 1. The van der Waals surface area contributed by atoms with Crippen LogP contribution in [0.15, 0.2) is 29.2 Å². The maximum atomic E-state index is 12.2. The van der Waals surface area contributed by atoms with Crippen molar-refractivity contribution in [1.29, 1.82) is 0 Å². The zero-order valence-electron chi connectivity index (χ0n) is 16.8. The number of rotatable bonds is 4. The first-order valence-corrected chi connectivity index (χ1v) is 9.54. The van der Waals surface area contributed by atoms with E-state index in [1.807, 2.05) is 39.8 Å². The molecule has 2 aromatic rings. The van der Waals surface area contributed by atoms with E-state index >= 15 is 0 Å². The van der Waals surface area contributed by atoms with Gasteiger partial charge in [-0.3, -0.25) is 4.79 Å². The summed E-state index contributed by atoms with van der Waals surface area (Å²) in [5.41, 5.74) is 0.854. The van der Waals surface area contributed by atoms with E-state index in [-0.39, 0.29) is 17.7 Å². The normalized spacial score (nSPS) is 16.9. The van der Waals surface area contributed by atoms with Crippen LogP contribution in [-0.4, -0.2) is 50.7 Å². The Morgan fingerprint density at radius 1 is 1.39 bits per heavy atom. The Kier molecular flexibility index (Phi) is 5.67. The smallest absolute Gasteiger partial charge is 0.410 e. The molecule has 1 aliphatic heterocycles. The van der Waals surface area contributed by atoms with Gasteiger partial charge in [0.25, 0.3) is 5.56 Å². The zero-order chi connectivity index (χ0) is 20.3. The number of hydrogen-bond acceptors (Lipinski definition) is 6. The molecule has 1 unspecified atom stereocenters. The van der Waals surface area contributed by atoms with Crippen LogP contribution in [0.5, 0.6) is 0 Å². The number of aromatic nitrogens is 3. The van der Waals surface area contributed by atoms with Crippen molar-refractivity contribution in [2.24, 2.45) is 0 Å². The summed E-state index contributed by atoms with van der Waals surface area (Å²) in [6, 6.07) is 5.26. The van der Waals surface area contributed by atoms with Crippen LogP contribution in [-0.2, 0) is 11.2 Å². The van der Waals surface area contributed by atoms with Gasteiger partial charge in [0, 0.05) is 42.7 Å². The molecule has 150 valence electrons. The van der Waals surface area contributed by atoms with Gasteiger partial charge in [-0.15, -0.1) is 0 Å². The second-order valence-electron chi connectivity index (χ2n) is 7.92. The molecule has 2 N–H and O–H groups in total. The molecule has 0 spiro atoms. The predicted molar refractivity (Wildman–Crippen MR) is 107 cm³/mol. The number of likely N-dealkylation sites (tertiary alicyclic amines) is 1. The molecule has 0 radical (unpaired) electrons. The molecule has 0 saturated carbocycles. The first-order valence-electron chi connectivity index (χ1n) is 9.54. The Balaban J connectivity index is 1.68. The fourth-order valence-electron chi connectivity index (χ4n) is 3.06. The molecule has 2 aromatic heterocycles. The molecule has 1 saturated heterocycles. The number of hydrogen-bond donors (Lipinski definition) is 2. The molecule has 3 rings (SSSR count). The van der Waals surface area contributed by atoms with E-state index in [0.717, 1.165) is 17.7 Å². The Morgan fingerprint density at radius 2 is 2.18 bits per heavy atom. The predicted octanol–water partition coefficient (Wildman–Crippen LogP) is 2.82. The summed E-state index contributed by atoms with van der Waals surface area (Å²) in [4.78, 5) is 37.4. The van der Waals surface area contributed by atoms with Crippen molar-refractivity contribution in [3.8, 4) is 11.4 Å². The molecule has 1 aliphatic rings. The summed E-state index contributed by atoms with van der Waals surface area (Å²) in [7, 11) is 0. The highest BCUT2D eigenvalue weighted by atomic mass is 16.6. The minimum atomic E-state index is -0.505. The topological polar surface area (TPSA) is 100 Å². The minimum absolute atomic E-state index is 0.0873. The summed E-state index contributed by atoms with van der Waals surface area (Å²) in [6.45, 7) is 8.73. The standard InChI is InChI=1S/C20H27N5O3/c1-5-14-11-17(26)24-18(23-14)13-6-8-21-16(10-13)22-15-7-9-25(12-15)19(27)28-20(2,3)4/h6,8,10-11,15H,5,7,9,12H2,1-4H3,(H,21,22)(H,23,24,26). The van der Waals surface area contributed by atoms with Gasteiger partial charge >= 0.3 is 6.09 Å². The summed E-state index contributed by atoms with van der Waals surface area (Å²) in [5.74, 6) is 1.20. The summed E-state index contributed by atoms with van der Waals surface area (Å²) < 4.78 is 5.43. The minimum Gasteiger partial charge on any atom is -0.444 e. The van der Waals surface area contributed by atoms with Crippen LogP contribution >= 0.6 is 0 Å². The number of nitrogens with zero attached hydrogens (tertiary/aromatic N) is 3. The number of pyridine rings is 1. The van der Waals surface area contributed by atoms with Crippen molar-refractivity contribution in [2.75, 3.05) is 18.4 Å². The lowest BCUT2D eigenvalue weighted by Gasteiger charge is -2.24. The molecule has 8 nitrogen and oxygen atoms in total. The average molecular weight is 385 g/mol. The number of nitrogens with one attached hydrogen (secondary N) is 2. The number of aromatic amines is 1. The molecule has 28 heavy (non-hydrogen) atoms. The Hall–Kier alpha value is -2.90. The first kappa shape index (κ1) is 19.9. The molecule has 0 aliphatic carbocycles. The van der Waals surface area contributed by atoms with Crippen molar-refractivity contribution in [3.63, 3.8) is 0 Å². The number of carbonyl (C=O) groups is 1. The lowest BCUT2D eigenvalue weighted by molar-refractivity contribution is 0.0293. The van der Waals surface area contributed by atoms with Crippen LogP contribution in [0.4, 0.5) is 10.6 Å². The molecule has 8 heteroatoms. The van der Waals surface area contributed by atoms with Crippen LogP contribution in [0, 0.1) is 0 Å². The van der Waals surface area contributed by atoms with Crippen LogP contribution in [0.2, 0.25) is 0 Å². The molecule has 0 bridgehead atoms. The summed E-state index contributed by atoms with van der Waals surface area (Å²) >= 11 is 0. The van der Waals surface area contributed by atoms with Crippen molar-refractivity contribution in [3.05, 3.63) is 40.4 Å². The molecule has 3 heterocycles. The van der Waals surface area contributed by atoms with Gasteiger partial charge in [0.2, 0.25) is 0 Å². The largest absolute Gasteiger partial charge is 0.444 e. The second kappa shape index (κ2) is 8.00. The third kappa shape index (κ3) is 5.09. The Bertz CT molecular complexity index is 903. The Labute approximate surface area is 164 Å². The number of carbonyl (C=O) groups excluding carboxylic acids is 1. The third-order valence-corrected chi connectivity index (χ3v) is 4.38. The number of amides is 1. The SMILES string of the molecule is CCc1cc(=O)[nH]c(-c2ccnc(NC3CCN(C(=O)OC(C)(C)C)C3)c2)n1. The van der Waals surface area contributed by atoms with Gasteiger partial charge in [0.15, 0.2) is 0 Å². The van der Waals surface area contributed by atoms with E-state index in [1.54, 1.807) is 11.1 Å². The van der Waals surface area contributed by atoms with E-state index < -0.39 is 5.60 Å². The van der Waals surface area contributed by atoms with Crippen molar-refractivity contribution in [2.45, 2.75) is 52.2 Å². The van der Waals surface area contributed by atoms with Crippen LogP contribution < -0.4 is 10.9 Å². The molecule has 1 amide bonds. The quantitative estimate of drug-likeness (QED) is 0.839. The highest BCUT2D eigenvalue weighted by Crippen LogP contribution is 2.21. The van der Waals surface area contributed by atoms with E-state index in [4.69, 9.17) is 4.74 Å². The average Bonchev–Trinajstić information content (AvgIpc) is 3.08. The summed E-state index contributed by atoms with van der Waals surface area (Å²) in [5, 5.41) is 3.36. The number of anilines is 1. The monoisotopic (exact) mass is 385 g/mol. The van der Waals surface area contributed by atoms with Gasteiger partial charge in [-0.05, 0) is 45.7 Å². The third-order valence-electron chi connectivity index (χ3n) is 4.38. The second-order valence-corrected chi connectivity index (χ2v) is 7.92. The molecule has 0 aromatic carbocycles. The van der Waals surface area contributed by atoms with Gasteiger partial charge in [-0.25, -0.2) is 14.8 Å². The zero-order valence-corrected chi connectivity index (χ0v) is 16.8. The first-order chi connectivity index (χ1) is 13.2. The number of H-pyrrole nitrogens is 1. The van der Waals surface area contributed by atoms with Crippen molar-refractivity contribution in [1.82, 2.24) is 19.9 Å². The van der Waals surface area contributed by atoms with Crippen molar-refractivity contribution >= 4 is 11.9 Å². The number of ether oxygens (including phenoxy) is 1. The lowest BCUT2D eigenvalue weighted by Crippen LogP contribution is -2.36. The molecular formula is C20H27N5O3. The van der Waals surface area contributed by atoms with Gasteiger partial charge < -0.3 is 19.9 Å². The maximum absolute atomic E-state index is 12.2. The fourth-order valence-corrected chi connectivity index (χ4v) is 3.06. The Morgan fingerprint density at radius 3 is 2.89 bits per heavy atom. The molecular weight excluding hydrogens is 358 g/mol. The maximum Gasteiger partial charge on any atom is 0.410 e. The van der Waals surface area contributed by atoms with E-state index in [0.29, 0.717) is 31.2 Å². The van der Waals surface area contributed by atoms with E-state index in [1.165, 1.54) is 6.07 Å². The van der Waals surface area contributed by atoms with E-state index in [2.05, 4.69) is 20.3 Å². The molecule has 1 atom stereocenters.